The summed E-state index contributed by atoms with van der Waals surface area (Å²) in [5.74, 6) is 0. The van der Waals surface area contributed by atoms with Crippen molar-refractivity contribution in [1.29, 1.82) is 5.41 Å². The molecule has 9 heteroatoms. The van der Waals surface area contributed by atoms with Gasteiger partial charge >= 0.3 is 11.6 Å². The molecule has 0 spiro atoms. The largest absolute Gasteiger partial charge is 0.444 e. The fourth-order valence-corrected chi connectivity index (χ4v) is 3.66. The standard InChI is InChI=1S/C20H33N5O4/c1-19(2,3)29-18(26)24-13-8-15(9-14-24)23(6)17-7-11-20(17,25(27)28)16(21)10-12-22(4)5/h7,10,12,15,21H,8-9,11,13-14H2,1-6H3/b12-10+,21-16?. The summed E-state index contributed by atoms with van der Waals surface area (Å²) in [7, 11) is 5.47. The van der Waals surface area contributed by atoms with Crippen LogP contribution in [0.1, 0.15) is 40.0 Å². The Morgan fingerprint density at radius 3 is 2.34 bits per heavy atom. The van der Waals surface area contributed by atoms with Crippen LogP contribution in [-0.2, 0) is 4.74 Å². The first kappa shape index (κ1) is 22.7. The number of likely N-dealkylation sites (N-methyl/N-ethyl adjacent to an activating group) is 1. The van der Waals surface area contributed by atoms with Gasteiger partial charge in [0.05, 0.1) is 12.1 Å². The smallest absolute Gasteiger partial charge is 0.410 e. The fourth-order valence-electron chi connectivity index (χ4n) is 3.66. The molecule has 0 radical (unpaired) electrons. The van der Waals surface area contributed by atoms with E-state index in [-0.39, 0.29) is 29.2 Å². The Bertz CT molecular complexity index is 717. The number of hydrogen-bond acceptors (Lipinski definition) is 7. The topological polar surface area (TPSA) is 103 Å². The molecule has 29 heavy (non-hydrogen) atoms. The molecule has 0 aromatic heterocycles. The molecular weight excluding hydrogens is 374 g/mol. The molecule has 162 valence electrons. The van der Waals surface area contributed by atoms with Gasteiger partial charge in [0.2, 0.25) is 0 Å². The van der Waals surface area contributed by atoms with E-state index >= 15 is 0 Å². The Kier molecular flexibility index (Phi) is 6.60. The van der Waals surface area contributed by atoms with Gasteiger partial charge in [-0.25, -0.2) is 4.79 Å². The highest BCUT2D eigenvalue weighted by atomic mass is 16.6. The number of likely N-dealkylation sites (tertiary alicyclic amines) is 1. The van der Waals surface area contributed by atoms with E-state index in [9.17, 15) is 14.9 Å². The van der Waals surface area contributed by atoms with Crippen molar-refractivity contribution in [2.24, 2.45) is 0 Å². The van der Waals surface area contributed by atoms with Crippen molar-refractivity contribution < 1.29 is 14.5 Å². The maximum atomic E-state index is 12.2. The molecule has 1 aliphatic heterocycles. The van der Waals surface area contributed by atoms with Crippen molar-refractivity contribution in [3.63, 3.8) is 0 Å². The minimum Gasteiger partial charge on any atom is -0.444 e. The molecule has 1 amide bonds. The summed E-state index contributed by atoms with van der Waals surface area (Å²) in [6, 6.07) is 0.0743. The summed E-state index contributed by atoms with van der Waals surface area (Å²) >= 11 is 0. The molecule has 0 saturated carbocycles. The molecule has 1 fully saturated rings. The van der Waals surface area contributed by atoms with Crippen molar-refractivity contribution in [3.05, 3.63) is 34.2 Å². The minimum atomic E-state index is -1.50. The average molecular weight is 408 g/mol. The Balaban J connectivity index is 2.05. The predicted molar refractivity (Wildman–Crippen MR) is 112 cm³/mol. The number of nitrogens with zero attached hydrogens (tertiary/aromatic N) is 4. The van der Waals surface area contributed by atoms with Crippen LogP contribution in [0.15, 0.2) is 24.0 Å². The highest BCUT2D eigenvalue weighted by molar-refractivity contribution is 6.02. The molecule has 0 aromatic carbocycles. The maximum Gasteiger partial charge on any atom is 0.410 e. The highest BCUT2D eigenvalue weighted by Crippen LogP contribution is 2.40. The van der Waals surface area contributed by atoms with Gasteiger partial charge in [0.1, 0.15) is 11.3 Å². The second kappa shape index (κ2) is 8.42. The lowest BCUT2D eigenvalue weighted by Gasteiger charge is -2.44. The first-order chi connectivity index (χ1) is 13.4. The van der Waals surface area contributed by atoms with E-state index in [0.717, 1.165) is 0 Å². The number of nitrogens with one attached hydrogen (secondary N) is 1. The molecule has 1 N–H and O–H groups in total. The van der Waals surface area contributed by atoms with Crippen LogP contribution < -0.4 is 0 Å². The third-order valence-electron chi connectivity index (χ3n) is 5.36. The minimum absolute atomic E-state index is 0.0215. The van der Waals surface area contributed by atoms with Gasteiger partial charge in [-0.15, -0.1) is 0 Å². The van der Waals surface area contributed by atoms with Gasteiger partial charge in [-0.3, -0.25) is 15.5 Å². The van der Waals surface area contributed by atoms with Crippen LogP contribution in [0.4, 0.5) is 4.79 Å². The van der Waals surface area contributed by atoms with Gasteiger partial charge in [0.25, 0.3) is 0 Å². The Morgan fingerprint density at radius 1 is 1.34 bits per heavy atom. The monoisotopic (exact) mass is 407 g/mol. The van der Waals surface area contributed by atoms with Crippen LogP contribution >= 0.6 is 0 Å². The molecular formula is C20H33N5O4. The number of rotatable bonds is 6. The number of piperidine rings is 1. The third kappa shape index (κ3) is 4.89. The first-order valence-electron chi connectivity index (χ1n) is 9.88. The number of carbonyl (C=O) groups is 1. The number of ether oxygens (including phenoxy) is 1. The van der Waals surface area contributed by atoms with E-state index in [1.165, 1.54) is 6.08 Å². The van der Waals surface area contributed by atoms with Crippen LogP contribution in [0, 0.1) is 15.5 Å². The molecule has 1 atom stereocenters. The summed E-state index contributed by atoms with van der Waals surface area (Å²) < 4.78 is 5.43. The zero-order valence-electron chi connectivity index (χ0n) is 18.3. The van der Waals surface area contributed by atoms with E-state index in [4.69, 9.17) is 10.1 Å². The zero-order valence-corrected chi connectivity index (χ0v) is 18.3. The molecule has 1 heterocycles. The molecule has 1 saturated heterocycles. The van der Waals surface area contributed by atoms with Gasteiger partial charge in [-0.2, -0.15) is 0 Å². The summed E-state index contributed by atoms with van der Waals surface area (Å²) in [4.78, 5) is 29.2. The Hall–Kier alpha value is -2.58. The van der Waals surface area contributed by atoms with Gasteiger partial charge in [-0.05, 0) is 45.8 Å². The van der Waals surface area contributed by atoms with Gasteiger partial charge in [0, 0.05) is 51.4 Å². The summed E-state index contributed by atoms with van der Waals surface area (Å²) in [5, 5.41) is 20.3. The van der Waals surface area contributed by atoms with E-state index in [0.29, 0.717) is 31.6 Å². The van der Waals surface area contributed by atoms with Crippen molar-refractivity contribution in [1.82, 2.24) is 14.7 Å². The van der Waals surface area contributed by atoms with Crippen LogP contribution in [-0.4, -0.2) is 82.8 Å². The Labute approximate surface area is 172 Å². The normalized spacial score (nSPS) is 22.7. The fraction of sp³-hybridized carbons (Fsp3) is 0.700. The number of hydrogen-bond donors (Lipinski definition) is 1. The van der Waals surface area contributed by atoms with Crippen molar-refractivity contribution in [3.8, 4) is 0 Å². The number of nitro groups is 1. The molecule has 9 nitrogen and oxygen atoms in total. The van der Waals surface area contributed by atoms with Crippen LogP contribution in [0.2, 0.25) is 0 Å². The zero-order chi connectivity index (χ0) is 22.0. The van der Waals surface area contributed by atoms with E-state index in [2.05, 4.69) is 0 Å². The molecule has 1 unspecified atom stereocenters. The van der Waals surface area contributed by atoms with E-state index < -0.39 is 11.1 Å². The lowest BCUT2D eigenvalue weighted by atomic mass is 9.76. The number of carbonyl (C=O) groups excluding carboxylic acids is 1. The summed E-state index contributed by atoms with van der Waals surface area (Å²) in [6.45, 7) is 6.60. The van der Waals surface area contributed by atoms with Crippen LogP contribution in [0.5, 0.6) is 0 Å². The van der Waals surface area contributed by atoms with Crippen LogP contribution in [0.3, 0.4) is 0 Å². The predicted octanol–water partition coefficient (Wildman–Crippen LogP) is 2.72. The Morgan fingerprint density at radius 2 is 1.93 bits per heavy atom. The average Bonchev–Trinajstić information content (AvgIpc) is 2.57. The van der Waals surface area contributed by atoms with Crippen molar-refractivity contribution >= 4 is 11.8 Å². The van der Waals surface area contributed by atoms with Crippen LogP contribution in [0.25, 0.3) is 0 Å². The SMILES string of the molecule is CN(C)/C=C/C(=N)C1([N+](=O)[O-])CC=C1N(C)C1CCN(C(=O)OC(C)(C)C)CC1. The molecule has 1 aliphatic carbocycles. The highest BCUT2D eigenvalue weighted by Gasteiger charge is 2.57. The summed E-state index contributed by atoms with van der Waals surface area (Å²) in [5.41, 5.74) is -1.49. The van der Waals surface area contributed by atoms with Gasteiger partial charge < -0.3 is 19.4 Å². The molecule has 0 aromatic rings. The summed E-state index contributed by atoms with van der Waals surface area (Å²) in [6.07, 6.45) is 6.27. The first-order valence-corrected chi connectivity index (χ1v) is 9.88. The van der Waals surface area contributed by atoms with Gasteiger partial charge in [-0.1, -0.05) is 0 Å². The van der Waals surface area contributed by atoms with E-state index in [1.807, 2.05) is 52.9 Å². The van der Waals surface area contributed by atoms with E-state index in [1.54, 1.807) is 16.0 Å². The lowest BCUT2D eigenvalue weighted by Crippen LogP contribution is -2.58. The van der Waals surface area contributed by atoms with Gasteiger partial charge in [0.15, 0.2) is 0 Å². The maximum absolute atomic E-state index is 12.2. The lowest BCUT2D eigenvalue weighted by molar-refractivity contribution is -0.543. The second-order valence-corrected chi connectivity index (χ2v) is 8.91. The van der Waals surface area contributed by atoms with Crippen molar-refractivity contribution in [2.75, 3.05) is 34.2 Å². The molecule has 0 bridgehead atoms. The number of amides is 1. The second-order valence-electron chi connectivity index (χ2n) is 8.91. The third-order valence-corrected chi connectivity index (χ3v) is 5.36. The quantitative estimate of drug-likeness (QED) is 0.412. The molecule has 2 rings (SSSR count). The van der Waals surface area contributed by atoms with Crippen molar-refractivity contribution in [2.45, 2.75) is 57.2 Å². The molecule has 2 aliphatic rings.